The second-order valence-electron chi connectivity index (χ2n) is 5.18. The zero-order valence-corrected chi connectivity index (χ0v) is 12.7. The Labute approximate surface area is 116 Å². The van der Waals surface area contributed by atoms with E-state index in [0.717, 1.165) is 24.4 Å². The van der Waals surface area contributed by atoms with Gasteiger partial charge in [-0.05, 0) is 44.6 Å². The minimum Gasteiger partial charge on any atom is -0.497 e. The molecule has 0 saturated heterocycles. The van der Waals surface area contributed by atoms with Gasteiger partial charge >= 0.3 is 0 Å². The van der Waals surface area contributed by atoms with Gasteiger partial charge in [0.25, 0.3) is 0 Å². The molecule has 1 aromatic carbocycles. The molecule has 3 heteroatoms. The summed E-state index contributed by atoms with van der Waals surface area (Å²) in [5.74, 6) is 1.04. The van der Waals surface area contributed by atoms with E-state index < -0.39 is 5.54 Å². The predicted molar refractivity (Wildman–Crippen MR) is 78.7 cm³/mol. The molecule has 106 valence electrons. The van der Waals surface area contributed by atoms with Gasteiger partial charge in [-0.2, -0.15) is 0 Å². The van der Waals surface area contributed by atoms with Crippen molar-refractivity contribution in [3.8, 4) is 5.75 Å². The molecule has 0 aliphatic carbocycles. The molecule has 0 radical (unpaired) electrons. The summed E-state index contributed by atoms with van der Waals surface area (Å²) in [5.41, 5.74) is 0.580. The largest absolute Gasteiger partial charge is 0.497 e. The smallest absolute Gasteiger partial charge is 0.156 e. The third kappa shape index (κ3) is 3.80. The van der Waals surface area contributed by atoms with Crippen molar-refractivity contribution in [2.75, 3.05) is 20.2 Å². The number of benzene rings is 1. The lowest BCUT2D eigenvalue weighted by atomic mass is 9.91. The summed E-state index contributed by atoms with van der Waals surface area (Å²) in [6.45, 7) is 9.94. The highest BCUT2D eigenvalue weighted by atomic mass is 16.5. The van der Waals surface area contributed by atoms with E-state index in [0.29, 0.717) is 6.42 Å². The first-order valence-electron chi connectivity index (χ1n) is 6.87. The minimum absolute atomic E-state index is 0.240. The van der Waals surface area contributed by atoms with E-state index in [-0.39, 0.29) is 5.78 Å². The molecular weight excluding hydrogens is 238 g/mol. The van der Waals surface area contributed by atoms with E-state index in [9.17, 15) is 4.79 Å². The quantitative estimate of drug-likeness (QED) is 0.757. The first-order chi connectivity index (χ1) is 8.95. The van der Waals surface area contributed by atoms with E-state index in [1.54, 1.807) is 7.11 Å². The van der Waals surface area contributed by atoms with Crippen LogP contribution in [0.1, 0.15) is 33.3 Å². The van der Waals surface area contributed by atoms with Gasteiger partial charge < -0.3 is 4.74 Å². The fraction of sp³-hybridized carbons (Fsp3) is 0.562. The molecule has 3 nitrogen and oxygen atoms in total. The number of nitrogens with zero attached hydrogens (tertiary/aromatic N) is 1. The first kappa shape index (κ1) is 15.7. The molecule has 0 aliphatic rings. The SMILES string of the molecule is CCN(CC)C(C)(C)C(=O)Cc1cccc(OC)c1. The van der Waals surface area contributed by atoms with E-state index in [1.807, 2.05) is 38.1 Å². The van der Waals surface area contributed by atoms with Crippen molar-refractivity contribution in [3.05, 3.63) is 29.8 Å². The molecule has 0 saturated carbocycles. The van der Waals surface area contributed by atoms with Crippen molar-refractivity contribution in [2.45, 2.75) is 39.7 Å². The van der Waals surface area contributed by atoms with Crippen LogP contribution in [-0.4, -0.2) is 36.4 Å². The average Bonchev–Trinajstić information content (AvgIpc) is 2.40. The van der Waals surface area contributed by atoms with Crippen LogP contribution in [0.3, 0.4) is 0 Å². The molecule has 0 unspecified atom stereocenters. The molecule has 0 heterocycles. The Morgan fingerprint density at radius 1 is 1.26 bits per heavy atom. The van der Waals surface area contributed by atoms with Crippen LogP contribution in [0.25, 0.3) is 0 Å². The van der Waals surface area contributed by atoms with Crippen molar-refractivity contribution >= 4 is 5.78 Å². The lowest BCUT2D eigenvalue weighted by molar-refractivity contribution is -0.128. The van der Waals surface area contributed by atoms with E-state index >= 15 is 0 Å². The molecule has 0 fully saturated rings. The van der Waals surface area contributed by atoms with Crippen LogP contribution in [0.15, 0.2) is 24.3 Å². The number of hydrogen-bond acceptors (Lipinski definition) is 3. The van der Waals surface area contributed by atoms with E-state index in [2.05, 4.69) is 18.7 Å². The molecule has 0 N–H and O–H groups in total. The molecule has 1 aromatic rings. The molecule has 0 spiro atoms. The van der Waals surface area contributed by atoms with Gasteiger partial charge in [0.05, 0.1) is 12.6 Å². The normalized spacial score (nSPS) is 11.7. The molecule has 0 bridgehead atoms. The highest BCUT2D eigenvalue weighted by Crippen LogP contribution is 2.20. The summed E-state index contributed by atoms with van der Waals surface area (Å²) in [7, 11) is 1.64. The molecule has 0 aromatic heterocycles. The Morgan fingerprint density at radius 3 is 2.42 bits per heavy atom. The number of hydrogen-bond donors (Lipinski definition) is 0. The Kier molecular flexibility index (Phi) is 5.55. The lowest BCUT2D eigenvalue weighted by Gasteiger charge is -2.35. The van der Waals surface area contributed by atoms with Gasteiger partial charge in [-0.15, -0.1) is 0 Å². The summed E-state index contributed by atoms with van der Waals surface area (Å²) in [4.78, 5) is 14.7. The fourth-order valence-electron chi connectivity index (χ4n) is 2.37. The van der Waals surface area contributed by atoms with Gasteiger partial charge in [0, 0.05) is 6.42 Å². The molecule has 0 atom stereocenters. The Balaban J connectivity index is 2.83. The highest BCUT2D eigenvalue weighted by molar-refractivity contribution is 5.89. The molecule has 19 heavy (non-hydrogen) atoms. The van der Waals surface area contributed by atoms with Gasteiger partial charge in [0.2, 0.25) is 0 Å². The standard InChI is InChI=1S/C16H25NO2/c1-6-17(7-2)16(3,4)15(18)12-13-9-8-10-14(11-13)19-5/h8-11H,6-7,12H2,1-5H3. The summed E-state index contributed by atoms with van der Waals surface area (Å²) >= 11 is 0. The first-order valence-corrected chi connectivity index (χ1v) is 6.87. The van der Waals surface area contributed by atoms with Crippen LogP contribution in [0.4, 0.5) is 0 Å². The zero-order chi connectivity index (χ0) is 14.5. The predicted octanol–water partition coefficient (Wildman–Crippen LogP) is 2.93. The number of carbonyl (C=O) groups excluding carboxylic acids is 1. The van der Waals surface area contributed by atoms with Crippen LogP contribution >= 0.6 is 0 Å². The van der Waals surface area contributed by atoms with E-state index in [1.165, 1.54) is 0 Å². The van der Waals surface area contributed by atoms with Crippen LogP contribution < -0.4 is 4.74 Å². The average molecular weight is 263 g/mol. The number of Topliss-reactive ketones (excluding diaryl/α,β-unsaturated/α-hetero) is 1. The van der Waals surface area contributed by atoms with Crippen molar-refractivity contribution in [1.29, 1.82) is 0 Å². The molecule has 0 aliphatic heterocycles. The monoisotopic (exact) mass is 263 g/mol. The van der Waals surface area contributed by atoms with Gasteiger partial charge in [-0.3, -0.25) is 9.69 Å². The summed E-state index contributed by atoms with van der Waals surface area (Å²) < 4.78 is 5.19. The zero-order valence-electron chi connectivity index (χ0n) is 12.7. The Hall–Kier alpha value is -1.35. The van der Waals surface area contributed by atoms with Gasteiger partial charge in [-0.1, -0.05) is 26.0 Å². The lowest BCUT2D eigenvalue weighted by Crippen LogP contribution is -2.50. The number of carbonyl (C=O) groups is 1. The van der Waals surface area contributed by atoms with Gasteiger partial charge in [-0.25, -0.2) is 0 Å². The second-order valence-corrected chi connectivity index (χ2v) is 5.18. The highest BCUT2D eigenvalue weighted by Gasteiger charge is 2.32. The van der Waals surface area contributed by atoms with Crippen molar-refractivity contribution < 1.29 is 9.53 Å². The van der Waals surface area contributed by atoms with Crippen LogP contribution in [0, 0.1) is 0 Å². The number of ketones is 1. The second kappa shape index (κ2) is 6.71. The molecular formula is C16H25NO2. The van der Waals surface area contributed by atoms with E-state index in [4.69, 9.17) is 4.74 Å². The van der Waals surface area contributed by atoms with Crippen LogP contribution in [-0.2, 0) is 11.2 Å². The van der Waals surface area contributed by atoms with Crippen molar-refractivity contribution in [3.63, 3.8) is 0 Å². The van der Waals surface area contributed by atoms with Crippen molar-refractivity contribution in [2.24, 2.45) is 0 Å². The van der Waals surface area contributed by atoms with Gasteiger partial charge in [0.1, 0.15) is 5.75 Å². The number of rotatable bonds is 7. The number of likely N-dealkylation sites (N-methyl/N-ethyl adjacent to an activating group) is 1. The Bertz CT molecular complexity index is 423. The Morgan fingerprint density at radius 2 is 1.89 bits per heavy atom. The number of methoxy groups -OCH3 is 1. The van der Waals surface area contributed by atoms with Crippen molar-refractivity contribution in [1.82, 2.24) is 4.90 Å². The third-order valence-electron chi connectivity index (χ3n) is 3.74. The van der Waals surface area contributed by atoms with Crippen LogP contribution in [0.5, 0.6) is 5.75 Å². The topological polar surface area (TPSA) is 29.5 Å². The van der Waals surface area contributed by atoms with Gasteiger partial charge in [0.15, 0.2) is 5.78 Å². The summed E-state index contributed by atoms with van der Waals surface area (Å²) in [6, 6.07) is 7.71. The molecule has 1 rings (SSSR count). The maximum atomic E-state index is 12.5. The maximum absolute atomic E-state index is 12.5. The third-order valence-corrected chi connectivity index (χ3v) is 3.74. The fourth-order valence-corrected chi connectivity index (χ4v) is 2.37. The van der Waals surface area contributed by atoms with Crippen LogP contribution in [0.2, 0.25) is 0 Å². The molecule has 0 amide bonds. The minimum atomic E-state index is -0.424. The number of ether oxygens (including phenoxy) is 1. The summed E-state index contributed by atoms with van der Waals surface area (Å²) in [6.07, 6.45) is 0.445. The maximum Gasteiger partial charge on any atom is 0.156 e. The summed E-state index contributed by atoms with van der Waals surface area (Å²) in [5, 5.41) is 0.